The van der Waals surface area contributed by atoms with Gasteiger partial charge in [-0.05, 0) is 70.6 Å². The van der Waals surface area contributed by atoms with Crippen LogP contribution in [0.3, 0.4) is 0 Å². The average molecular weight is 410 g/mol. The van der Waals surface area contributed by atoms with Gasteiger partial charge in [0.05, 0.1) is 11.9 Å². The molecule has 1 aromatic carbocycles. The molecule has 7 nitrogen and oxygen atoms in total. The topological polar surface area (TPSA) is 72.3 Å². The third-order valence-electron chi connectivity index (χ3n) is 5.81. The molecule has 4 rings (SSSR count). The molecule has 0 spiro atoms. The molecule has 0 fully saturated rings. The van der Waals surface area contributed by atoms with Crippen molar-refractivity contribution in [3.63, 3.8) is 0 Å². The van der Waals surface area contributed by atoms with Crippen molar-refractivity contribution in [2.45, 2.75) is 65.0 Å². The summed E-state index contributed by atoms with van der Waals surface area (Å²) in [6.45, 7) is 9.67. The second kappa shape index (κ2) is 8.13. The number of hydrogen-bond acceptors (Lipinski definition) is 4. The number of urea groups is 1. The van der Waals surface area contributed by atoms with Gasteiger partial charge in [-0.1, -0.05) is 23.4 Å². The van der Waals surface area contributed by atoms with Crippen molar-refractivity contribution < 1.29 is 9.53 Å². The van der Waals surface area contributed by atoms with E-state index in [0.717, 1.165) is 54.0 Å². The van der Waals surface area contributed by atoms with Gasteiger partial charge in [0.1, 0.15) is 17.0 Å². The zero-order valence-corrected chi connectivity index (χ0v) is 18.3. The molecule has 30 heavy (non-hydrogen) atoms. The Hall–Kier alpha value is -2.83. The van der Waals surface area contributed by atoms with E-state index in [1.807, 2.05) is 27.9 Å². The first-order chi connectivity index (χ1) is 14.3. The number of nitrogens with zero attached hydrogens (tertiary/aromatic N) is 4. The number of benzene rings is 1. The SMILES string of the molecule is CC(C)n1cc(C2=CCCN(C(=O)Nc3cccc4c3OC(C)(C)CC4)CC2)nn1. The van der Waals surface area contributed by atoms with Crippen LogP contribution in [-0.4, -0.2) is 44.6 Å². The number of para-hydroxylation sites is 1. The van der Waals surface area contributed by atoms with Crippen molar-refractivity contribution in [2.75, 3.05) is 18.4 Å². The van der Waals surface area contributed by atoms with Crippen LogP contribution in [0.4, 0.5) is 10.5 Å². The summed E-state index contributed by atoms with van der Waals surface area (Å²) in [5, 5.41) is 11.6. The van der Waals surface area contributed by atoms with Gasteiger partial charge in [0.25, 0.3) is 0 Å². The Morgan fingerprint density at radius 2 is 2.07 bits per heavy atom. The molecule has 1 N–H and O–H groups in total. The summed E-state index contributed by atoms with van der Waals surface area (Å²) in [5.74, 6) is 0.807. The van der Waals surface area contributed by atoms with Gasteiger partial charge in [0.2, 0.25) is 0 Å². The van der Waals surface area contributed by atoms with E-state index in [1.54, 1.807) is 0 Å². The number of amides is 2. The lowest BCUT2D eigenvalue weighted by molar-refractivity contribution is 0.0856. The van der Waals surface area contributed by atoms with Crippen molar-refractivity contribution in [3.05, 3.63) is 41.7 Å². The molecule has 0 bridgehead atoms. The zero-order valence-electron chi connectivity index (χ0n) is 18.3. The number of hydrogen-bond donors (Lipinski definition) is 1. The van der Waals surface area contributed by atoms with Gasteiger partial charge in [-0.15, -0.1) is 5.10 Å². The molecule has 0 aliphatic carbocycles. The highest BCUT2D eigenvalue weighted by Gasteiger charge is 2.29. The van der Waals surface area contributed by atoms with E-state index in [9.17, 15) is 4.79 Å². The van der Waals surface area contributed by atoms with Crippen LogP contribution in [0.1, 0.15) is 64.3 Å². The van der Waals surface area contributed by atoms with Crippen molar-refractivity contribution in [3.8, 4) is 5.75 Å². The van der Waals surface area contributed by atoms with Crippen LogP contribution < -0.4 is 10.1 Å². The molecule has 3 heterocycles. The summed E-state index contributed by atoms with van der Waals surface area (Å²) < 4.78 is 8.07. The molecule has 1 aromatic heterocycles. The summed E-state index contributed by atoms with van der Waals surface area (Å²) in [5.41, 5.74) is 3.74. The largest absolute Gasteiger partial charge is 0.485 e. The Balaban J connectivity index is 1.42. The monoisotopic (exact) mass is 409 g/mol. The molecule has 0 saturated carbocycles. The standard InChI is InChI=1S/C23H31N5O2/c1-16(2)28-15-20(25-26-28)17-8-6-13-27(14-11-17)22(29)24-19-9-5-7-18-10-12-23(3,4)30-21(18)19/h5,7-9,15-16H,6,10-14H2,1-4H3,(H,24,29). The minimum atomic E-state index is -0.220. The summed E-state index contributed by atoms with van der Waals surface area (Å²) in [4.78, 5) is 14.9. The Labute approximate surface area is 178 Å². The van der Waals surface area contributed by atoms with E-state index in [1.165, 1.54) is 0 Å². The minimum Gasteiger partial charge on any atom is -0.485 e. The van der Waals surface area contributed by atoms with Crippen molar-refractivity contribution >= 4 is 17.3 Å². The molecule has 2 aromatic rings. The van der Waals surface area contributed by atoms with Crippen molar-refractivity contribution in [1.82, 2.24) is 19.9 Å². The quantitative estimate of drug-likeness (QED) is 0.799. The third kappa shape index (κ3) is 4.35. The fourth-order valence-corrected chi connectivity index (χ4v) is 3.93. The summed E-state index contributed by atoms with van der Waals surface area (Å²) >= 11 is 0. The minimum absolute atomic E-state index is 0.0872. The van der Waals surface area contributed by atoms with E-state index in [-0.39, 0.29) is 17.7 Å². The van der Waals surface area contributed by atoms with Gasteiger partial charge in [-0.2, -0.15) is 0 Å². The highest BCUT2D eigenvalue weighted by atomic mass is 16.5. The zero-order chi connectivity index (χ0) is 21.3. The van der Waals surface area contributed by atoms with E-state index in [0.29, 0.717) is 13.1 Å². The number of ether oxygens (including phenoxy) is 1. The Bertz CT molecular complexity index is 960. The lowest BCUT2D eigenvalue weighted by Gasteiger charge is -2.34. The first-order valence-electron chi connectivity index (χ1n) is 10.8. The lowest BCUT2D eigenvalue weighted by atomic mass is 9.94. The van der Waals surface area contributed by atoms with Crippen LogP contribution in [0.2, 0.25) is 0 Å². The molecule has 7 heteroatoms. The maximum Gasteiger partial charge on any atom is 0.321 e. The molecular formula is C23H31N5O2. The number of carbonyl (C=O) groups is 1. The summed E-state index contributed by atoms with van der Waals surface area (Å²) in [7, 11) is 0. The number of rotatable bonds is 3. The van der Waals surface area contributed by atoms with Crippen molar-refractivity contribution in [1.29, 1.82) is 0 Å². The molecule has 2 aliphatic heterocycles. The predicted octanol–water partition coefficient (Wildman–Crippen LogP) is 4.67. The number of fused-ring (bicyclic) bond motifs is 1. The second-order valence-electron chi connectivity index (χ2n) is 9.02. The smallest absolute Gasteiger partial charge is 0.321 e. The molecule has 160 valence electrons. The average Bonchev–Trinajstić information content (AvgIpc) is 3.06. The fourth-order valence-electron chi connectivity index (χ4n) is 3.93. The van der Waals surface area contributed by atoms with Crippen LogP contribution in [0.5, 0.6) is 5.75 Å². The van der Waals surface area contributed by atoms with Crippen LogP contribution in [0, 0.1) is 0 Å². The van der Waals surface area contributed by atoms with Crippen LogP contribution in [0.25, 0.3) is 5.57 Å². The van der Waals surface area contributed by atoms with Crippen molar-refractivity contribution in [2.24, 2.45) is 0 Å². The summed E-state index contributed by atoms with van der Waals surface area (Å²) in [6, 6.07) is 6.17. The highest BCUT2D eigenvalue weighted by Crippen LogP contribution is 2.38. The van der Waals surface area contributed by atoms with E-state index >= 15 is 0 Å². The first-order valence-corrected chi connectivity index (χ1v) is 10.8. The van der Waals surface area contributed by atoms with Crippen LogP contribution >= 0.6 is 0 Å². The summed E-state index contributed by atoms with van der Waals surface area (Å²) in [6.07, 6.45) is 7.66. The Kier molecular flexibility index (Phi) is 5.54. The Morgan fingerprint density at radius 1 is 1.23 bits per heavy atom. The molecule has 0 unspecified atom stereocenters. The van der Waals surface area contributed by atoms with Gasteiger partial charge in [-0.3, -0.25) is 0 Å². The second-order valence-corrected chi connectivity index (χ2v) is 9.02. The lowest BCUT2D eigenvalue weighted by Crippen LogP contribution is -2.37. The van der Waals surface area contributed by atoms with Gasteiger partial charge in [-0.25, -0.2) is 9.48 Å². The number of anilines is 1. The molecule has 0 saturated heterocycles. The number of aryl methyl sites for hydroxylation is 1. The van der Waals surface area contributed by atoms with Gasteiger partial charge < -0.3 is 15.0 Å². The van der Waals surface area contributed by atoms with E-state index in [2.05, 4.69) is 55.5 Å². The molecular weight excluding hydrogens is 378 g/mol. The van der Waals surface area contributed by atoms with Gasteiger partial charge in [0, 0.05) is 19.1 Å². The number of aromatic nitrogens is 3. The predicted molar refractivity (Wildman–Crippen MR) is 118 cm³/mol. The molecule has 0 atom stereocenters. The fraction of sp³-hybridized carbons (Fsp3) is 0.522. The molecule has 0 radical (unpaired) electrons. The van der Waals surface area contributed by atoms with Gasteiger partial charge in [0.15, 0.2) is 0 Å². The van der Waals surface area contributed by atoms with E-state index in [4.69, 9.17) is 4.74 Å². The van der Waals surface area contributed by atoms with Crippen LogP contribution in [0.15, 0.2) is 30.5 Å². The van der Waals surface area contributed by atoms with Gasteiger partial charge >= 0.3 is 6.03 Å². The molecule has 2 aliphatic rings. The molecule has 2 amide bonds. The number of nitrogens with one attached hydrogen (secondary N) is 1. The van der Waals surface area contributed by atoms with E-state index < -0.39 is 0 Å². The number of carbonyl (C=O) groups excluding carboxylic acids is 1. The maximum atomic E-state index is 13.0. The van der Waals surface area contributed by atoms with Crippen LogP contribution in [-0.2, 0) is 6.42 Å². The first kappa shape index (κ1) is 20.4. The maximum absolute atomic E-state index is 13.0. The Morgan fingerprint density at radius 3 is 2.83 bits per heavy atom. The highest BCUT2D eigenvalue weighted by molar-refractivity contribution is 5.91. The normalized spacial score (nSPS) is 18.3. The third-order valence-corrected chi connectivity index (χ3v) is 5.81.